The van der Waals surface area contributed by atoms with Gasteiger partial charge in [0.25, 0.3) is 8.24 Å². The second kappa shape index (κ2) is 14.4. The number of hydrogen-bond acceptors (Lipinski definition) is 2. The van der Waals surface area contributed by atoms with Crippen LogP contribution in [0.1, 0.15) is 32.0 Å². The predicted molar refractivity (Wildman–Crippen MR) is 206 cm³/mol. The van der Waals surface area contributed by atoms with Crippen LogP contribution in [0.15, 0.2) is 191 Å². The lowest BCUT2D eigenvalue weighted by Crippen LogP contribution is -2.63. The zero-order valence-electron chi connectivity index (χ0n) is 27.3. The molecule has 0 saturated heterocycles. The van der Waals surface area contributed by atoms with Gasteiger partial charge < -0.3 is 0 Å². The van der Waals surface area contributed by atoms with Crippen molar-refractivity contribution in [3.63, 3.8) is 0 Å². The molecule has 2 atom stereocenters. The Morgan fingerprint density at radius 3 is 1.32 bits per heavy atom. The molecular weight excluding hydrogens is 626 g/mol. The number of hydrogen-bond donors (Lipinski definition) is 0. The van der Waals surface area contributed by atoms with Crippen molar-refractivity contribution in [2.45, 2.75) is 36.4 Å². The average Bonchev–Trinajstić information content (AvgIpc) is 3.12. The van der Waals surface area contributed by atoms with Crippen LogP contribution in [0.4, 0.5) is 0 Å². The van der Waals surface area contributed by atoms with Crippen molar-refractivity contribution >= 4 is 46.9 Å². The van der Waals surface area contributed by atoms with Crippen molar-refractivity contribution in [2.24, 2.45) is 4.03 Å². The summed E-state index contributed by atoms with van der Waals surface area (Å²) in [7, 11) is -7.03. The maximum absolute atomic E-state index is 16.4. The molecule has 0 saturated carbocycles. The van der Waals surface area contributed by atoms with E-state index >= 15 is 4.21 Å². The van der Waals surface area contributed by atoms with Gasteiger partial charge in [0.15, 0.2) is 0 Å². The van der Waals surface area contributed by atoms with Crippen molar-refractivity contribution in [1.82, 2.24) is 0 Å². The van der Waals surface area contributed by atoms with Gasteiger partial charge in [0.1, 0.15) is 0 Å². The lowest BCUT2D eigenvalue weighted by Gasteiger charge is -2.41. The molecule has 0 bridgehead atoms. The summed E-state index contributed by atoms with van der Waals surface area (Å²) in [6.07, 6.45) is 0. The minimum absolute atomic E-state index is 0.0503. The Morgan fingerprint density at radius 2 is 0.915 bits per heavy atom. The summed E-state index contributed by atoms with van der Waals surface area (Å²) in [6.45, 7) is 6.84. The third-order valence-corrected chi connectivity index (χ3v) is 20.5. The predicted octanol–water partition coefficient (Wildman–Crippen LogP) is 8.95. The van der Waals surface area contributed by atoms with Gasteiger partial charge in [-0.05, 0) is 51.6 Å². The Balaban J connectivity index is 1.69. The molecule has 5 heteroatoms. The van der Waals surface area contributed by atoms with Crippen molar-refractivity contribution in [3.8, 4) is 0 Å². The summed E-state index contributed by atoms with van der Waals surface area (Å²) in [6, 6.07) is 63.7. The summed E-state index contributed by atoms with van der Waals surface area (Å²) in [4.78, 5) is 0.796. The fourth-order valence-corrected chi connectivity index (χ4v) is 19.5. The van der Waals surface area contributed by atoms with Crippen LogP contribution in [0.25, 0.3) is 0 Å². The maximum atomic E-state index is 16.4. The van der Waals surface area contributed by atoms with E-state index in [9.17, 15) is 0 Å². The average molecular weight is 668 g/mol. The third kappa shape index (κ3) is 6.97. The van der Waals surface area contributed by atoms with E-state index in [1.54, 1.807) is 0 Å². The quantitative estimate of drug-likeness (QED) is 0.106. The Kier molecular flexibility index (Phi) is 10.0. The van der Waals surface area contributed by atoms with Gasteiger partial charge in [-0.3, -0.25) is 4.03 Å². The van der Waals surface area contributed by atoms with Crippen LogP contribution in [0.2, 0.25) is 5.04 Å². The molecule has 47 heavy (non-hydrogen) atoms. The van der Waals surface area contributed by atoms with Crippen LogP contribution < -0.4 is 21.0 Å². The summed E-state index contributed by atoms with van der Waals surface area (Å²) in [5.74, 6) is 0.404. The molecule has 236 valence electrons. The molecule has 0 aliphatic heterocycles. The summed E-state index contributed by atoms with van der Waals surface area (Å²) in [5, 5.41) is 4.60. The van der Waals surface area contributed by atoms with Gasteiger partial charge in [-0.2, -0.15) is 0 Å². The fourth-order valence-electron chi connectivity index (χ4n) is 6.57. The molecule has 6 rings (SSSR count). The van der Waals surface area contributed by atoms with Crippen LogP contribution in [0.5, 0.6) is 0 Å². The second-order valence-electron chi connectivity index (χ2n) is 12.9. The number of nitrogens with zero attached hydrogens (tertiary/aromatic N) is 1. The molecule has 0 amide bonds. The molecular formula is C42H42NOPSSi. The lowest BCUT2D eigenvalue weighted by molar-refractivity contribution is 0.674. The molecule has 0 heterocycles. The van der Waals surface area contributed by atoms with E-state index < -0.39 is 25.9 Å². The highest BCUT2D eigenvalue weighted by atomic mass is 32.2. The van der Waals surface area contributed by atoms with Gasteiger partial charge in [0, 0.05) is 16.3 Å². The monoisotopic (exact) mass is 667 g/mol. The van der Waals surface area contributed by atoms with Crippen LogP contribution in [-0.4, -0.2) is 18.2 Å². The van der Waals surface area contributed by atoms with Gasteiger partial charge in [-0.1, -0.05) is 191 Å². The number of rotatable bonds is 10. The van der Waals surface area contributed by atoms with Gasteiger partial charge >= 0.3 is 0 Å². The Hall–Kier alpha value is -4.08. The highest BCUT2D eigenvalue weighted by Crippen LogP contribution is 2.51. The van der Waals surface area contributed by atoms with Crippen molar-refractivity contribution in [2.75, 3.05) is 5.75 Å². The first kappa shape index (κ1) is 32.8. The molecule has 6 aromatic carbocycles. The van der Waals surface area contributed by atoms with Gasteiger partial charge in [0.2, 0.25) is 0 Å². The Labute approximate surface area is 283 Å². The molecule has 0 fully saturated rings. The number of benzene rings is 6. The molecule has 0 aliphatic rings. The Bertz CT molecular complexity index is 1900. The molecule has 0 aliphatic carbocycles. The van der Waals surface area contributed by atoms with E-state index in [4.69, 9.17) is 4.03 Å². The zero-order chi connectivity index (χ0) is 32.7. The highest BCUT2D eigenvalue weighted by Gasteiger charge is 2.50. The van der Waals surface area contributed by atoms with E-state index in [0.29, 0.717) is 5.75 Å². The van der Waals surface area contributed by atoms with Crippen LogP contribution in [-0.2, 0) is 9.73 Å². The first-order valence-corrected chi connectivity index (χ1v) is 21.2. The summed E-state index contributed by atoms with van der Waals surface area (Å²) < 4.78 is 22.4. The molecule has 2 nitrogen and oxygen atoms in total. The highest BCUT2D eigenvalue weighted by molar-refractivity contribution is 7.95. The molecule has 6 aromatic rings. The van der Waals surface area contributed by atoms with Crippen LogP contribution >= 0.6 is 7.92 Å². The largest absolute Gasteiger partial charge is 0.261 e. The molecule has 0 aromatic heterocycles. The molecule has 0 spiro atoms. The molecule has 1 unspecified atom stereocenters. The van der Waals surface area contributed by atoms with Crippen molar-refractivity contribution < 1.29 is 4.21 Å². The molecule has 0 N–H and O–H groups in total. The maximum Gasteiger partial charge on any atom is 0.260 e. The fraction of sp³-hybridized carbons (Fsp3) is 0.143. The van der Waals surface area contributed by atoms with E-state index in [1.165, 1.54) is 26.5 Å². The lowest BCUT2D eigenvalue weighted by atomic mass is 10.2. The minimum atomic E-state index is -3.07. The third-order valence-electron chi connectivity index (χ3n) is 8.81. The SMILES string of the molecule is CC(C)(C)[Si](N=S(=O)(C[C@@H](c1ccccc1)P(c1ccccc1)c1ccccc1)c1ccccc1)(c1ccccc1)c1ccccc1. The minimum Gasteiger partial charge on any atom is -0.261 e. The summed E-state index contributed by atoms with van der Waals surface area (Å²) >= 11 is 0. The molecule has 0 radical (unpaired) electrons. The van der Waals surface area contributed by atoms with Crippen molar-refractivity contribution in [3.05, 3.63) is 188 Å². The van der Waals surface area contributed by atoms with Gasteiger partial charge in [-0.15, -0.1) is 0 Å². The topological polar surface area (TPSA) is 29.4 Å². The van der Waals surface area contributed by atoms with E-state index in [-0.39, 0.29) is 10.7 Å². The van der Waals surface area contributed by atoms with Gasteiger partial charge in [-0.25, -0.2) is 4.21 Å². The van der Waals surface area contributed by atoms with Gasteiger partial charge in [0.05, 0.1) is 9.73 Å². The van der Waals surface area contributed by atoms with E-state index in [2.05, 4.69) is 172 Å². The van der Waals surface area contributed by atoms with Crippen LogP contribution in [0.3, 0.4) is 0 Å². The Morgan fingerprint density at radius 1 is 0.553 bits per heavy atom. The van der Waals surface area contributed by atoms with E-state index in [0.717, 1.165) is 4.90 Å². The smallest absolute Gasteiger partial charge is 0.260 e. The summed E-state index contributed by atoms with van der Waals surface area (Å²) in [5.41, 5.74) is 1.14. The van der Waals surface area contributed by atoms with Crippen molar-refractivity contribution in [1.29, 1.82) is 0 Å². The first-order valence-electron chi connectivity index (χ1n) is 16.2. The second-order valence-corrected chi connectivity index (χ2v) is 22.2. The zero-order valence-corrected chi connectivity index (χ0v) is 30.0. The van der Waals surface area contributed by atoms with E-state index in [1.807, 2.05) is 30.3 Å². The standard InChI is InChI=1S/C42H42NOPSSi/c1-42(2,3)47(39-30-18-8-19-31-39,40-32-20-9-21-33-40)43-46(44,38-28-16-7-17-29-38)34-41(35-22-10-4-11-23-35)45(36-24-12-5-13-25-36)37-26-14-6-15-27-37/h4-33,41H,34H2,1-3H3/t41-,46?/m0/s1. The van der Waals surface area contributed by atoms with Crippen LogP contribution in [0, 0.1) is 0 Å². The first-order chi connectivity index (χ1) is 22.8. The normalized spacial score (nSPS) is 13.9.